The van der Waals surface area contributed by atoms with Gasteiger partial charge in [-0.1, -0.05) is 25.5 Å². The van der Waals surface area contributed by atoms with Gasteiger partial charge in [0.2, 0.25) is 5.76 Å². The molecule has 0 bridgehead atoms. The predicted molar refractivity (Wildman–Crippen MR) is 77.3 cm³/mol. The van der Waals surface area contributed by atoms with E-state index in [0.29, 0.717) is 11.3 Å². The van der Waals surface area contributed by atoms with Crippen molar-refractivity contribution in [3.05, 3.63) is 59.0 Å². The Bertz CT molecular complexity index is 628. The van der Waals surface area contributed by atoms with Gasteiger partial charge in [0.05, 0.1) is 6.54 Å². The largest absolute Gasteiger partial charge is 0.475 e. The molecular formula is C16H17NO4. The smallest absolute Gasteiger partial charge is 0.371 e. The Morgan fingerprint density at radius 3 is 2.43 bits per heavy atom. The Morgan fingerprint density at radius 1 is 1.14 bits per heavy atom. The van der Waals surface area contributed by atoms with Crippen LogP contribution in [-0.2, 0) is 13.0 Å². The topological polar surface area (TPSA) is 79.5 Å². The van der Waals surface area contributed by atoms with Crippen LogP contribution in [0.25, 0.3) is 0 Å². The summed E-state index contributed by atoms with van der Waals surface area (Å²) in [6.07, 6.45) is 2.06. The molecule has 0 spiro atoms. The first-order valence-corrected chi connectivity index (χ1v) is 6.79. The first-order valence-electron chi connectivity index (χ1n) is 6.79. The van der Waals surface area contributed by atoms with Gasteiger partial charge >= 0.3 is 5.97 Å². The van der Waals surface area contributed by atoms with Crippen molar-refractivity contribution >= 4 is 11.9 Å². The van der Waals surface area contributed by atoms with Crippen LogP contribution in [0.15, 0.2) is 40.8 Å². The number of carbonyl (C=O) groups is 2. The zero-order valence-electron chi connectivity index (χ0n) is 11.8. The minimum Gasteiger partial charge on any atom is -0.475 e. The summed E-state index contributed by atoms with van der Waals surface area (Å²) in [7, 11) is 0. The molecule has 1 aromatic heterocycles. The summed E-state index contributed by atoms with van der Waals surface area (Å²) in [6, 6.07) is 10.3. The van der Waals surface area contributed by atoms with E-state index in [1.807, 2.05) is 12.1 Å². The van der Waals surface area contributed by atoms with Crippen molar-refractivity contribution in [1.29, 1.82) is 0 Å². The fourth-order valence-corrected chi connectivity index (χ4v) is 1.97. The summed E-state index contributed by atoms with van der Waals surface area (Å²) in [5, 5.41) is 11.4. The fraction of sp³-hybridized carbons (Fsp3) is 0.250. The quantitative estimate of drug-likeness (QED) is 0.856. The lowest BCUT2D eigenvalue weighted by Gasteiger charge is -2.04. The molecule has 21 heavy (non-hydrogen) atoms. The van der Waals surface area contributed by atoms with E-state index in [1.54, 1.807) is 12.1 Å². The number of carboxylic acid groups (broad SMARTS) is 1. The molecule has 2 N–H and O–H groups in total. The Kier molecular flexibility index (Phi) is 4.77. The number of aryl methyl sites for hydroxylation is 1. The molecule has 5 nitrogen and oxygen atoms in total. The highest BCUT2D eigenvalue weighted by Gasteiger charge is 2.10. The second-order valence-electron chi connectivity index (χ2n) is 4.70. The lowest BCUT2D eigenvalue weighted by Crippen LogP contribution is -2.22. The van der Waals surface area contributed by atoms with E-state index in [9.17, 15) is 9.59 Å². The van der Waals surface area contributed by atoms with Gasteiger partial charge in [-0.25, -0.2) is 4.79 Å². The molecule has 2 aromatic rings. The van der Waals surface area contributed by atoms with Crippen LogP contribution in [0.5, 0.6) is 0 Å². The number of hydrogen-bond acceptors (Lipinski definition) is 3. The average molecular weight is 287 g/mol. The fourth-order valence-electron chi connectivity index (χ4n) is 1.97. The van der Waals surface area contributed by atoms with E-state index in [1.165, 1.54) is 17.7 Å². The van der Waals surface area contributed by atoms with Crippen molar-refractivity contribution < 1.29 is 19.1 Å². The lowest BCUT2D eigenvalue weighted by atomic mass is 10.1. The van der Waals surface area contributed by atoms with Crippen molar-refractivity contribution in [2.75, 3.05) is 0 Å². The van der Waals surface area contributed by atoms with Gasteiger partial charge in [-0.2, -0.15) is 0 Å². The van der Waals surface area contributed by atoms with Gasteiger partial charge in [-0.3, -0.25) is 4.79 Å². The Labute approximate surface area is 122 Å². The van der Waals surface area contributed by atoms with E-state index >= 15 is 0 Å². The highest BCUT2D eigenvalue weighted by atomic mass is 16.4. The molecule has 1 aromatic carbocycles. The SMILES string of the molecule is CCCc1ccc(C(=O)NCc2ccc(C(=O)O)o2)cc1. The summed E-state index contributed by atoms with van der Waals surface area (Å²) < 4.78 is 5.07. The highest BCUT2D eigenvalue weighted by Crippen LogP contribution is 2.09. The Hall–Kier alpha value is -2.56. The third-order valence-electron chi connectivity index (χ3n) is 3.05. The summed E-state index contributed by atoms with van der Waals surface area (Å²) >= 11 is 0. The van der Waals surface area contributed by atoms with Crippen LogP contribution in [0.3, 0.4) is 0 Å². The van der Waals surface area contributed by atoms with Gasteiger partial charge in [-0.05, 0) is 36.2 Å². The Morgan fingerprint density at radius 2 is 1.86 bits per heavy atom. The molecule has 0 saturated heterocycles. The summed E-state index contributed by atoms with van der Waals surface area (Å²) in [5.41, 5.74) is 1.77. The van der Waals surface area contributed by atoms with Crippen LogP contribution < -0.4 is 5.32 Å². The normalized spacial score (nSPS) is 10.3. The Balaban J connectivity index is 1.92. The van der Waals surface area contributed by atoms with Gasteiger partial charge in [0.1, 0.15) is 5.76 Å². The van der Waals surface area contributed by atoms with E-state index in [-0.39, 0.29) is 18.2 Å². The summed E-state index contributed by atoms with van der Waals surface area (Å²) in [5.74, 6) is -1.07. The third-order valence-corrected chi connectivity index (χ3v) is 3.05. The van der Waals surface area contributed by atoms with Gasteiger partial charge in [-0.15, -0.1) is 0 Å². The molecule has 0 radical (unpaired) electrons. The molecule has 0 unspecified atom stereocenters. The van der Waals surface area contributed by atoms with Crippen molar-refractivity contribution in [1.82, 2.24) is 5.32 Å². The number of aromatic carboxylic acids is 1. The van der Waals surface area contributed by atoms with Crippen LogP contribution >= 0.6 is 0 Å². The molecule has 1 heterocycles. The van der Waals surface area contributed by atoms with Gasteiger partial charge in [0.25, 0.3) is 5.91 Å². The molecule has 2 rings (SSSR count). The highest BCUT2D eigenvalue weighted by molar-refractivity contribution is 5.94. The zero-order chi connectivity index (χ0) is 15.2. The van der Waals surface area contributed by atoms with Crippen LogP contribution in [0.2, 0.25) is 0 Å². The first-order chi connectivity index (χ1) is 10.1. The number of rotatable bonds is 6. The van der Waals surface area contributed by atoms with Gasteiger partial charge < -0.3 is 14.8 Å². The minimum atomic E-state index is -1.13. The van der Waals surface area contributed by atoms with Crippen LogP contribution in [-0.4, -0.2) is 17.0 Å². The number of hydrogen-bond donors (Lipinski definition) is 2. The van der Waals surface area contributed by atoms with E-state index in [4.69, 9.17) is 9.52 Å². The monoisotopic (exact) mass is 287 g/mol. The molecule has 0 aliphatic heterocycles. The average Bonchev–Trinajstić information content (AvgIpc) is 2.95. The second kappa shape index (κ2) is 6.74. The number of nitrogens with one attached hydrogen (secondary N) is 1. The minimum absolute atomic E-state index is 0.136. The molecule has 110 valence electrons. The van der Waals surface area contributed by atoms with Crippen molar-refractivity contribution in [3.63, 3.8) is 0 Å². The molecule has 0 fully saturated rings. The summed E-state index contributed by atoms with van der Waals surface area (Å²) in [4.78, 5) is 22.6. The lowest BCUT2D eigenvalue weighted by molar-refractivity contribution is 0.0660. The molecule has 0 aliphatic carbocycles. The predicted octanol–water partition coefficient (Wildman–Crippen LogP) is 2.86. The van der Waals surface area contributed by atoms with Gasteiger partial charge in [0.15, 0.2) is 0 Å². The van der Waals surface area contributed by atoms with Crippen molar-refractivity contribution in [2.45, 2.75) is 26.3 Å². The number of furan rings is 1. The summed E-state index contributed by atoms with van der Waals surface area (Å²) in [6.45, 7) is 2.26. The second-order valence-corrected chi connectivity index (χ2v) is 4.70. The van der Waals surface area contributed by atoms with Gasteiger partial charge in [0, 0.05) is 5.56 Å². The maximum atomic E-state index is 12.0. The molecular weight excluding hydrogens is 270 g/mol. The van der Waals surface area contributed by atoms with E-state index in [2.05, 4.69) is 12.2 Å². The number of carboxylic acids is 1. The zero-order valence-corrected chi connectivity index (χ0v) is 11.8. The van der Waals surface area contributed by atoms with Crippen LogP contribution in [0.1, 0.15) is 45.6 Å². The first kappa shape index (κ1) is 14.8. The molecule has 0 atom stereocenters. The maximum absolute atomic E-state index is 12.0. The van der Waals surface area contributed by atoms with Crippen molar-refractivity contribution in [2.24, 2.45) is 0 Å². The molecule has 5 heteroatoms. The van der Waals surface area contributed by atoms with Crippen LogP contribution in [0, 0.1) is 0 Å². The molecule has 1 amide bonds. The van der Waals surface area contributed by atoms with E-state index < -0.39 is 5.97 Å². The maximum Gasteiger partial charge on any atom is 0.371 e. The van der Waals surface area contributed by atoms with Crippen molar-refractivity contribution in [3.8, 4) is 0 Å². The molecule has 0 saturated carbocycles. The molecule has 0 aliphatic rings. The van der Waals surface area contributed by atoms with E-state index in [0.717, 1.165) is 12.8 Å². The standard InChI is InChI=1S/C16H17NO4/c1-2-3-11-4-6-12(7-5-11)15(18)17-10-13-8-9-14(21-13)16(19)20/h4-9H,2-3,10H2,1H3,(H,17,18)(H,19,20). The van der Waals surface area contributed by atoms with Crippen LogP contribution in [0.4, 0.5) is 0 Å². The number of benzene rings is 1. The third kappa shape index (κ3) is 3.95. The number of amides is 1. The number of carbonyl (C=O) groups excluding carboxylic acids is 1.